The van der Waals surface area contributed by atoms with Gasteiger partial charge in [0.15, 0.2) is 17.3 Å². The molecule has 104 valence electrons. The Balaban J connectivity index is 1.61. The van der Waals surface area contributed by atoms with Gasteiger partial charge in [0.2, 0.25) is 6.79 Å². The van der Waals surface area contributed by atoms with Crippen molar-refractivity contribution in [2.45, 2.75) is 13.2 Å². The third-order valence-corrected chi connectivity index (χ3v) is 3.07. The summed E-state index contributed by atoms with van der Waals surface area (Å²) in [5, 5.41) is 0. The number of halogens is 1. The summed E-state index contributed by atoms with van der Waals surface area (Å²) in [6, 6.07) is 10.5. The molecule has 1 aliphatic heterocycles. The topological polar surface area (TPSA) is 53.7 Å². The Morgan fingerprint density at radius 1 is 1.10 bits per heavy atom. The van der Waals surface area contributed by atoms with Crippen LogP contribution in [0.2, 0.25) is 0 Å². The minimum Gasteiger partial charge on any atom is -0.454 e. The molecule has 0 amide bonds. The van der Waals surface area contributed by atoms with Gasteiger partial charge < -0.3 is 19.9 Å². The van der Waals surface area contributed by atoms with E-state index in [4.69, 9.17) is 19.9 Å². The van der Waals surface area contributed by atoms with Crippen molar-refractivity contribution < 1.29 is 18.6 Å². The Hall–Kier alpha value is -2.27. The van der Waals surface area contributed by atoms with Gasteiger partial charge in [-0.25, -0.2) is 4.39 Å². The summed E-state index contributed by atoms with van der Waals surface area (Å²) < 4.78 is 29.7. The van der Waals surface area contributed by atoms with Gasteiger partial charge in [0, 0.05) is 5.56 Å². The first-order valence-electron chi connectivity index (χ1n) is 6.23. The lowest BCUT2D eigenvalue weighted by molar-refractivity contribution is 0.105. The van der Waals surface area contributed by atoms with Crippen molar-refractivity contribution in [3.63, 3.8) is 0 Å². The first-order chi connectivity index (χ1) is 9.74. The standard InChI is InChI=1S/C15H14FNO3/c16-15-11(2-1-3-12(15)17)8-18-7-10-4-5-13-14(6-10)20-9-19-13/h1-6H,7-9,17H2. The summed E-state index contributed by atoms with van der Waals surface area (Å²) in [5.74, 6) is 1.02. The summed E-state index contributed by atoms with van der Waals surface area (Å²) in [7, 11) is 0. The number of benzene rings is 2. The molecule has 2 aromatic rings. The second-order valence-corrected chi connectivity index (χ2v) is 4.50. The van der Waals surface area contributed by atoms with Crippen LogP contribution >= 0.6 is 0 Å². The predicted molar refractivity (Wildman–Crippen MR) is 71.9 cm³/mol. The van der Waals surface area contributed by atoms with Crippen LogP contribution in [0.4, 0.5) is 10.1 Å². The van der Waals surface area contributed by atoms with Crippen molar-refractivity contribution in [3.8, 4) is 11.5 Å². The monoisotopic (exact) mass is 275 g/mol. The SMILES string of the molecule is Nc1cccc(COCc2ccc3c(c2)OCO3)c1F. The number of nitrogens with two attached hydrogens (primary N) is 1. The van der Waals surface area contributed by atoms with Gasteiger partial charge >= 0.3 is 0 Å². The molecule has 0 atom stereocenters. The molecule has 0 saturated heterocycles. The molecule has 0 fully saturated rings. The number of fused-ring (bicyclic) bond motifs is 1. The fraction of sp³-hybridized carbons (Fsp3) is 0.200. The lowest BCUT2D eigenvalue weighted by Crippen LogP contribution is -2.00. The summed E-state index contributed by atoms with van der Waals surface area (Å²) in [5.41, 5.74) is 7.03. The van der Waals surface area contributed by atoms with Gasteiger partial charge in [0.1, 0.15) is 0 Å². The largest absolute Gasteiger partial charge is 0.454 e. The lowest BCUT2D eigenvalue weighted by Gasteiger charge is -2.07. The first-order valence-corrected chi connectivity index (χ1v) is 6.23. The van der Waals surface area contributed by atoms with Crippen molar-refractivity contribution in [1.29, 1.82) is 0 Å². The first kappa shape index (κ1) is 12.7. The molecule has 0 aliphatic carbocycles. The highest BCUT2D eigenvalue weighted by Crippen LogP contribution is 2.32. The quantitative estimate of drug-likeness (QED) is 0.872. The van der Waals surface area contributed by atoms with Crippen LogP contribution in [0.3, 0.4) is 0 Å². The summed E-state index contributed by atoms with van der Waals surface area (Å²) in [4.78, 5) is 0. The maximum absolute atomic E-state index is 13.7. The Morgan fingerprint density at radius 2 is 1.95 bits per heavy atom. The van der Waals surface area contributed by atoms with E-state index in [0.717, 1.165) is 11.3 Å². The third kappa shape index (κ3) is 2.53. The highest BCUT2D eigenvalue weighted by Gasteiger charge is 2.13. The van der Waals surface area contributed by atoms with Gasteiger partial charge in [0.05, 0.1) is 18.9 Å². The van der Waals surface area contributed by atoms with Crippen LogP contribution in [0.1, 0.15) is 11.1 Å². The fourth-order valence-corrected chi connectivity index (χ4v) is 2.02. The second kappa shape index (κ2) is 5.38. The van der Waals surface area contributed by atoms with E-state index in [1.165, 1.54) is 6.07 Å². The molecule has 4 nitrogen and oxygen atoms in total. The van der Waals surface area contributed by atoms with Crippen LogP contribution in [0, 0.1) is 5.82 Å². The van der Waals surface area contributed by atoms with Gasteiger partial charge in [-0.3, -0.25) is 0 Å². The Bertz CT molecular complexity index is 631. The molecule has 0 spiro atoms. The maximum Gasteiger partial charge on any atom is 0.231 e. The molecule has 0 bridgehead atoms. The van der Waals surface area contributed by atoms with E-state index in [1.54, 1.807) is 12.1 Å². The smallest absolute Gasteiger partial charge is 0.231 e. The van der Waals surface area contributed by atoms with Crippen LogP contribution in [-0.2, 0) is 18.0 Å². The molecule has 2 N–H and O–H groups in total. The van der Waals surface area contributed by atoms with Gasteiger partial charge in [-0.15, -0.1) is 0 Å². The van der Waals surface area contributed by atoms with Gasteiger partial charge in [-0.2, -0.15) is 0 Å². The van der Waals surface area contributed by atoms with Crippen LogP contribution in [-0.4, -0.2) is 6.79 Å². The van der Waals surface area contributed by atoms with E-state index in [9.17, 15) is 4.39 Å². The van der Waals surface area contributed by atoms with Gasteiger partial charge in [-0.1, -0.05) is 18.2 Å². The molecule has 2 aromatic carbocycles. The lowest BCUT2D eigenvalue weighted by atomic mass is 10.2. The van der Waals surface area contributed by atoms with Crippen molar-refractivity contribution >= 4 is 5.69 Å². The number of ether oxygens (including phenoxy) is 3. The van der Waals surface area contributed by atoms with E-state index in [-0.39, 0.29) is 19.1 Å². The number of hydrogen-bond acceptors (Lipinski definition) is 4. The van der Waals surface area contributed by atoms with Crippen LogP contribution in [0.5, 0.6) is 11.5 Å². The highest BCUT2D eigenvalue weighted by molar-refractivity contribution is 5.44. The molecule has 0 unspecified atom stereocenters. The fourth-order valence-electron chi connectivity index (χ4n) is 2.02. The molecule has 3 rings (SSSR count). The molecule has 5 heteroatoms. The number of rotatable bonds is 4. The summed E-state index contributed by atoms with van der Waals surface area (Å²) in [6.07, 6.45) is 0. The van der Waals surface area contributed by atoms with Crippen molar-refractivity contribution in [2.24, 2.45) is 0 Å². The average molecular weight is 275 g/mol. The number of anilines is 1. The second-order valence-electron chi connectivity index (χ2n) is 4.50. The van der Waals surface area contributed by atoms with Crippen molar-refractivity contribution in [1.82, 2.24) is 0 Å². The Kier molecular flexibility index (Phi) is 3.43. The van der Waals surface area contributed by atoms with Gasteiger partial charge in [-0.05, 0) is 23.8 Å². The summed E-state index contributed by atoms with van der Waals surface area (Å²) >= 11 is 0. The average Bonchev–Trinajstić information content (AvgIpc) is 2.91. The Labute approximate surface area is 115 Å². The molecule has 0 radical (unpaired) electrons. The van der Waals surface area contributed by atoms with E-state index >= 15 is 0 Å². The normalized spacial score (nSPS) is 12.7. The maximum atomic E-state index is 13.7. The molecule has 0 aromatic heterocycles. The van der Waals surface area contributed by atoms with Crippen molar-refractivity contribution in [2.75, 3.05) is 12.5 Å². The number of hydrogen-bond donors (Lipinski definition) is 1. The molecule has 20 heavy (non-hydrogen) atoms. The van der Waals surface area contributed by atoms with Crippen LogP contribution in [0.15, 0.2) is 36.4 Å². The van der Waals surface area contributed by atoms with E-state index < -0.39 is 5.82 Å². The van der Waals surface area contributed by atoms with Gasteiger partial charge in [0.25, 0.3) is 0 Å². The zero-order chi connectivity index (χ0) is 13.9. The minimum absolute atomic E-state index is 0.133. The summed E-state index contributed by atoms with van der Waals surface area (Å²) in [6.45, 7) is 0.782. The molecular formula is C15H14FNO3. The molecule has 0 saturated carbocycles. The van der Waals surface area contributed by atoms with Crippen molar-refractivity contribution in [3.05, 3.63) is 53.3 Å². The highest BCUT2D eigenvalue weighted by atomic mass is 19.1. The minimum atomic E-state index is -0.418. The third-order valence-electron chi connectivity index (χ3n) is 3.07. The van der Waals surface area contributed by atoms with Crippen LogP contribution in [0.25, 0.3) is 0 Å². The zero-order valence-corrected chi connectivity index (χ0v) is 10.8. The van der Waals surface area contributed by atoms with Crippen LogP contribution < -0.4 is 15.2 Å². The van der Waals surface area contributed by atoms with E-state index in [0.29, 0.717) is 17.9 Å². The molecule has 1 aliphatic rings. The molecule has 1 heterocycles. The Morgan fingerprint density at radius 3 is 2.85 bits per heavy atom. The number of nitrogen functional groups attached to an aromatic ring is 1. The predicted octanol–water partition coefficient (Wildman–Crippen LogP) is 2.85. The molecular weight excluding hydrogens is 261 g/mol. The van der Waals surface area contributed by atoms with E-state index in [1.807, 2.05) is 18.2 Å². The van der Waals surface area contributed by atoms with E-state index in [2.05, 4.69) is 0 Å². The zero-order valence-electron chi connectivity index (χ0n) is 10.8.